The Morgan fingerprint density at radius 1 is 1.12 bits per heavy atom. The third kappa shape index (κ3) is 3.93. The molecule has 0 radical (unpaired) electrons. The molecule has 1 aromatic heterocycles. The minimum Gasteiger partial charge on any atom is -0.436 e. The Morgan fingerprint density at radius 2 is 1.71 bits per heavy atom. The summed E-state index contributed by atoms with van der Waals surface area (Å²) in [6.45, 7) is 10.2. The number of anilines is 2. The summed E-state index contributed by atoms with van der Waals surface area (Å²) in [5.74, 6) is 1.17. The highest BCUT2D eigenvalue weighted by Crippen LogP contribution is 2.37. The van der Waals surface area contributed by atoms with Gasteiger partial charge in [0.25, 0.3) is 0 Å². The highest BCUT2D eigenvalue weighted by Gasteiger charge is 2.16. The van der Waals surface area contributed by atoms with E-state index in [1.165, 1.54) is 0 Å². The van der Waals surface area contributed by atoms with Gasteiger partial charge in [0.05, 0.1) is 5.69 Å². The van der Waals surface area contributed by atoms with Gasteiger partial charge in [-0.3, -0.25) is 0 Å². The van der Waals surface area contributed by atoms with Crippen molar-refractivity contribution < 1.29 is 4.74 Å². The van der Waals surface area contributed by atoms with E-state index in [0.717, 1.165) is 41.0 Å². The van der Waals surface area contributed by atoms with Crippen LogP contribution in [0.4, 0.5) is 11.4 Å². The molecule has 1 aromatic carbocycles. The molecule has 0 aliphatic rings. The maximum atomic E-state index is 6.34. The third-order valence-electron chi connectivity index (χ3n) is 4.23. The number of nitrogens with zero attached hydrogens (tertiary/aromatic N) is 1. The molecule has 0 atom stereocenters. The van der Waals surface area contributed by atoms with Crippen molar-refractivity contribution in [1.29, 1.82) is 0 Å². The van der Waals surface area contributed by atoms with Crippen molar-refractivity contribution in [2.75, 3.05) is 11.1 Å². The first-order valence-corrected chi connectivity index (χ1v) is 8.71. The summed E-state index contributed by atoms with van der Waals surface area (Å²) in [6, 6.07) is 4.12. The van der Waals surface area contributed by atoms with E-state index in [-0.39, 0.29) is 0 Å². The molecule has 0 spiro atoms. The van der Waals surface area contributed by atoms with E-state index >= 15 is 0 Å². The number of nitrogens with two attached hydrogens (primary N) is 1. The smallest absolute Gasteiger partial charge is 0.244 e. The molecule has 0 aliphatic carbocycles. The number of nitrogen functional groups attached to an aromatic ring is 1. The predicted octanol–water partition coefficient (Wildman–Crippen LogP) is 5.64. The van der Waals surface area contributed by atoms with E-state index < -0.39 is 0 Å². The van der Waals surface area contributed by atoms with E-state index in [0.29, 0.717) is 22.6 Å². The fraction of sp³-hybridized carbons (Fsp3) is 0.421. The molecule has 2 aromatic rings. The fourth-order valence-corrected chi connectivity index (χ4v) is 3.06. The van der Waals surface area contributed by atoms with Crippen LogP contribution in [0.15, 0.2) is 18.3 Å². The molecule has 130 valence electrons. The number of aryl methyl sites for hydroxylation is 3. The van der Waals surface area contributed by atoms with Crippen LogP contribution in [0.5, 0.6) is 11.6 Å². The van der Waals surface area contributed by atoms with Crippen molar-refractivity contribution in [1.82, 2.24) is 4.98 Å². The van der Waals surface area contributed by atoms with Gasteiger partial charge in [0.15, 0.2) is 0 Å². The van der Waals surface area contributed by atoms with Crippen molar-refractivity contribution in [3.05, 3.63) is 40.0 Å². The number of ether oxygens (including phenoxy) is 1. The molecular formula is C19H26ClN3O. The lowest BCUT2D eigenvalue weighted by Gasteiger charge is -2.21. The standard InChI is InChI=1S/C19H26ClN3O/c1-6-15(7-2)23-17-13(5)10-22-19(16(17)21)24-18-11(3)8-14(20)9-12(18)4/h8-10,15H,6-7,21H2,1-5H3,(H,22,23). The Morgan fingerprint density at radius 3 is 2.25 bits per heavy atom. The second kappa shape index (κ2) is 7.75. The van der Waals surface area contributed by atoms with Gasteiger partial charge in [-0.15, -0.1) is 0 Å². The summed E-state index contributed by atoms with van der Waals surface area (Å²) < 4.78 is 6.04. The number of hydrogen-bond donors (Lipinski definition) is 2. The summed E-state index contributed by atoms with van der Waals surface area (Å²) in [6.07, 6.45) is 3.85. The number of rotatable bonds is 6. The average Bonchev–Trinajstić information content (AvgIpc) is 2.53. The summed E-state index contributed by atoms with van der Waals surface area (Å²) in [4.78, 5) is 4.38. The van der Waals surface area contributed by atoms with Crippen LogP contribution in [0, 0.1) is 20.8 Å². The van der Waals surface area contributed by atoms with Crippen LogP contribution in [0.3, 0.4) is 0 Å². The van der Waals surface area contributed by atoms with Crippen molar-refractivity contribution in [3.63, 3.8) is 0 Å². The molecular weight excluding hydrogens is 322 g/mol. The van der Waals surface area contributed by atoms with Gasteiger partial charge in [0.2, 0.25) is 5.88 Å². The van der Waals surface area contributed by atoms with Crippen molar-refractivity contribution in [2.24, 2.45) is 0 Å². The summed E-state index contributed by atoms with van der Waals surface area (Å²) in [5.41, 5.74) is 10.7. The molecule has 5 heteroatoms. The van der Waals surface area contributed by atoms with Crippen LogP contribution in [0.25, 0.3) is 0 Å². The molecule has 1 heterocycles. The topological polar surface area (TPSA) is 60.2 Å². The van der Waals surface area contributed by atoms with E-state index in [2.05, 4.69) is 24.1 Å². The number of pyridine rings is 1. The summed E-state index contributed by atoms with van der Waals surface area (Å²) >= 11 is 6.09. The average molecular weight is 348 g/mol. The first-order chi connectivity index (χ1) is 11.4. The highest BCUT2D eigenvalue weighted by atomic mass is 35.5. The molecule has 0 bridgehead atoms. The SMILES string of the molecule is CCC(CC)Nc1c(C)cnc(Oc2c(C)cc(Cl)cc2C)c1N. The lowest BCUT2D eigenvalue weighted by atomic mass is 10.1. The van der Waals surface area contributed by atoms with Crippen molar-refractivity contribution >= 4 is 23.0 Å². The Bertz CT molecular complexity index is 704. The van der Waals surface area contributed by atoms with Gasteiger partial charge < -0.3 is 15.8 Å². The number of halogens is 1. The van der Waals surface area contributed by atoms with Crippen LogP contribution in [-0.2, 0) is 0 Å². The molecule has 4 nitrogen and oxygen atoms in total. The molecule has 24 heavy (non-hydrogen) atoms. The molecule has 0 unspecified atom stereocenters. The Hall–Kier alpha value is -1.94. The molecule has 0 saturated carbocycles. The van der Waals surface area contributed by atoms with Gasteiger partial charge in [0, 0.05) is 17.3 Å². The van der Waals surface area contributed by atoms with Crippen molar-refractivity contribution in [2.45, 2.75) is 53.5 Å². The van der Waals surface area contributed by atoms with Gasteiger partial charge in [-0.1, -0.05) is 25.4 Å². The Kier molecular flexibility index (Phi) is 5.94. The lowest BCUT2D eigenvalue weighted by molar-refractivity contribution is 0.458. The first-order valence-electron chi connectivity index (χ1n) is 8.33. The Labute approximate surface area is 149 Å². The van der Waals surface area contributed by atoms with Crippen LogP contribution in [0.1, 0.15) is 43.4 Å². The molecule has 3 N–H and O–H groups in total. The second-order valence-electron chi connectivity index (χ2n) is 6.16. The third-order valence-corrected chi connectivity index (χ3v) is 4.45. The zero-order valence-corrected chi connectivity index (χ0v) is 15.8. The van der Waals surface area contributed by atoms with Gasteiger partial charge in [-0.2, -0.15) is 0 Å². The summed E-state index contributed by atoms with van der Waals surface area (Å²) in [5, 5.41) is 4.21. The van der Waals surface area contributed by atoms with Crippen molar-refractivity contribution in [3.8, 4) is 11.6 Å². The number of benzene rings is 1. The van der Waals surface area contributed by atoms with E-state index in [9.17, 15) is 0 Å². The van der Waals surface area contributed by atoms with Crippen LogP contribution >= 0.6 is 11.6 Å². The first kappa shape index (κ1) is 18.4. The van der Waals surface area contributed by atoms with Gasteiger partial charge in [-0.25, -0.2) is 4.98 Å². The fourth-order valence-electron chi connectivity index (χ4n) is 2.73. The van der Waals surface area contributed by atoms with E-state index in [1.807, 2.05) is 32.9 Å². The van der Waals surface area contributed by atoms with Gasteiger partial charge >= 0.3 is 0 Å². The van der Waals surface area contributed by atoms with E-state index in [1.54, 1.807) is 6.20 Å². The molecule has 0 aliphatic heterocycles. The quantitative estimate of drug-likeness (QED) is 0.710. The minimum absolute atomic E-state index is 0.375. The highest BCUT2D eigenvalue weighted by molar-refractivity contribution is 6.30. The Balaban J connectivity index is 2.39. The normalized spacial score (nSPS) is 11.0. The molecule has 0 saturated heterocycles. The number of hydrogen-bond acceptors (Lipinski definition) is 4. The van der Waals surface area contributed by atoms with Gasteiger partial charge in [0.1, 0.15) is 11.4 Å². The summed E-state index contributed by atoms with van der Waals surface area (Å²) in [7, 11) is 0. The predicted molar refractivity (Wildman–Crippen MR) is 102 cm³/mol. The lowest BCUT2D eigenvalue weighted by Crippen LogP contribution is -2.19. The van der Waals surface area contributed by atoms with Gasteiger partial charge in [-0.05, 0) is 62.4 Å². The zero-order valence-electron chi connectivity index (χ0n) is 15.0. The van der Waals surface area contributed by atoms with Crippen LogP contribution in [-0.4, -0.2) is 11.0 Å². The van der Waals surface area contributed by atoms with Crippen LogP contribution < -0.4 is 15.8 Å². The maximum Gasteiger partial charge on any atom is 0.244 e. The maximum absolute atomic E-state index is 6.34. The number of aromatic nitrogens is 1. The minimum atomic E-state index is 0.375. The second-order valence-corrected chi connectivity index (χ2v) is 6.60. The van der Waals surface area contributed by atoms with E-state index in [4.69, 9.17) is 22.1 Å². The monoisotopic (exact) mass is 347 g/mol. The zero-order chi connectivity index (χ0) is 17.9. The molecule has 2 rings (SSSR count). The molecule has 0 amide bonds. The largest absolute Gasteiger partial charge is 0.436 e. The van der Waals surface area contributed by atoms with Crippen LogP contribution in [0.2, 0.25) is 5.02 Å². The molecule has 0 fully saturated rings. The number of nitrogens with one attached hydrogen (secondary N) is 1.